The molecule has 1 aliphatic heterocycles. The number of nitrogens with zero attached hydrogens (tertiary/aromatic N) is 2. The Morgan fingerprint density at radius 3 is 2.68 bits per heavy atom. The summed E-state index contributed by atoms with van der Waals surface area (Å²) in [5.74, 6) is -0.657. The van der Waals surface area contributed by atoms with E-state index in [-0.39, 0.29) is 32.0 Å². The van der Waals surface area contributed by atoms with Crippen molar-refractivity contribution in [1.82, 2.24) is 15.1 Å². The predicted molar refractivity (Wildman–Crippen MR) is 89.5 cm³/mol. The summed E-state index contributed by atoms with van der Waals surface area (Å²) >= 11 is 0. The number of aliphatic hydroxyl groups excluding tert-OH is 1. The monoisotopic (exact) mass is 349 g/mol. The van der Waals surface area contributed by atoms with Crippen LogP contribution in [0.1, 0.15) is 12.0 Å². The largest absolute Gasteiger partial charge is 0.445 e. The van der Waals surface area contributed by atoms with Gasteiger partial charge in [-0.15, -0.1) is 0 Å². The van der Waals surface area contributed by atoms with Crippen molar-refractivity contribution in [2.45, 2.75) is 19.1 Å². The fraction of sp³-hybridized carbons (Fsp3) is 0.471. The lowest BCUT2D eigenvalue weighted by atomic mass is 10.2. The van der Waals surface area contributed by atoms with E-state index in [1.165, 1.54) is 4.90 Å². The lowest BCUT2D eigenvalue weighted by molar-refractivity contribution is -0.149. The number of benzene rings is 1. The number of nitrogens with one attached hydrogen (secondary N) is 1. The zero-order valence-electron chi connectivity index (χ0n) is 14.2. The van der Waals surface area contributed by atoms with Gasteiger partial charge < -0.3 is 25.0 Å². The molecule has 1 heterocycles. The first-order chi connectivity index (χ1) is 12.0. The smallest absolute Gasteiger partial charge is 0.407 e. The maximum atomic E-state index is 12.1. The summed E-state index contributed by atoms with van der Waals surface area (Å²) in [5, 5.41) is 12.4. The van der Waals surface area contributed by atoms with Crippen LogP contribution in [0.25, 0.3) is 0 Å². The summed E-state index contributed by atoms with van der Waals surface area (Å²) in [4.78, 5) is 38.2. The molecule has 3 amide bonds. The molecule has 2 rings (SSSR count). The first-order valence-corrected chi connectivity index (χ1v) is 8.12. The van der Waals surface area contributed by atoms with E-state index >= 15 is 0 Å². The summed E-state index contributed by atoms with van der Waals surface area (Å²) < 4.78 is 5.04. The molecule has 1 aromatic carbocycles. The number of hydrogen-bond donors (Lipinski definition) is 2. The Kier molecular flexibility index (Phi) is 6.76. The first kappa shape index (κ1) is 18.7. The second kappa shape index (κ2) is 9.03. The molecular formula is C17H23N3O5. The van der Waals surface area contributed by atoms with E-state index < -0.39 is 18.1 Å². The zero-order chi connectivity index (χ0) is 18.2. The molecule has 0 saturated carbocycles. The summed E-state index contributed by atoms with van der Waals surface area (Å²) in [6, 6.07) is 9.25. The van der Waals surface area contributed by atoms with Gasteiger partial charge in [0.2, 0.25) is 5.91 Å². The second-order valence-electron chi connectivity index (χ2n) is 5.87. The minimum absolute atomic E-state index is 0.0288. The summed E-state index contributed by atoms with van der Waals surface area (Å²) in [6.07, 6.45) is -1.82. The van der Waals surface area contributed by atoms with Crippen LogP contribution in [0.4, 0.5) is 4.79 Å². The Bertz CT molecular complexity index is 608. The van der Waals surface area contributed by atoms with Crippen molar-refractivity contribution in [3.05, 3.63) is 35.9 Å². The maximum Gasteiger partial charge on any atom is 0.407 e. The lowest BCUT2D eigenvalue weighted by Gasteiger charge is -2.33. The van der Waals surface area contributed by atoms with E-state index in [2.05, 4.69) is 5.32 Å². The predicted octanol–water partition coefficient (Wildman–Crippen LogP) is -0.0356. The minimum Gasteiger partial charge on any atom is -0.445 e. The molecule has 1 aromatic rings. The van der Waals surface area contributed by atoms with Crippen molar-refractivity contribution in [2.75, 3.05) is 33.2 Å². The standard InChI is InChI=1S/C17H23N3O5/c1-19-9-10-20(11-15(19)22)16(23)14(21)7-8-18-17(24)25-12-13-5-3-2-4-6-13/h2-6,14,21H,7-12H2,1H3,(H,18,24)/t14-/m0/s1. The van der Waals surface area contributed by atoms with Gasteiger partial charge in [0.25, 0.3) is 5.91 Å². The van der Waals surface area contributed by atoms with Gasteiger partial charge in [-0.2, -0.15) is 0 Å². The van der Waals surface area contributed by atoms with Gasteiger partial charge >= 0.3 is 6.09 Å². The fourth-order valence-corrected chi connectivity index (χ4v) is 2.37. The Hall–Kier alpha value is -2.61. The van der Waals surface area contributed by atoms with Crippen LogP contribution < -0.4 is 5.32 Å². The molecule has 0 radical (unpaired) electrons. The number of aliphatic hydroxyl groups is 1. The first-order valence-electron chi connectivity index (χ1n) is 8.12. The van der Waals surface area contributed by atoms with E-state index in [1.807, 2.05) is 30.3 Å². The van der Waals surface area contributed by atoms with Gasteiger partial charge in [0, 0.05) is 26.7 Å². The van der Waals surface area contributed by atoms with Crippen molar-refractivity contribution >= 4 is 17.9 Å². The maximum absolute atomic E-state index is 12.1. The molecule has 1 aliphatic rings. The summed E-state index contributed by atoms with van der Waals surface area (Å²) in [6.45, 7) is 1.06. The molecule has 2 N–H and O–H groups in total. The highest BCUT2D eigenvalue weighted by Crippen LogP contribution is 2.06. The van der Waals surface area contributed by atoms with Crippen molar-refractivity contribution in [3.63, 3.8) is 0 Å². The Morgan fingerprint density at radius 2 is 2.00 bits per heavy atom. The number of alkyl carbamates (subject to hydrolysis) is 1. The SMILES string of the molecule is CN1CCN(C(=O)[C@@H](O)CCNC(=O)OCc2ccccc2)CC1=O. The average Bonchev–Trinajstić information content (AvgIpc) is 2.62. The average molecular weight is 349 g/mol. The Morgan fingerprint density at radius 1 is 1.28 bits per heavy atom. The van der Waals surface area contributed by atoms with Crippen LogP contribution in [0.2, 0.25) is 0 Å². The number of hydrogen-bond acceptors (Lipinski definition) is 5. The molecule has 1 saturated heterocycles. The summed E-state index contributed by atoms with van der Waals surface area (Å²) in [7, 11) is 1.67. The van der Waals surface area contributed by atoms with Gasteiger partial charge in [0.05, 0.1) is 6.54 Å². The quantitative estimate of drug-likeness (QED) is 0.751. The van der Waals surface area contributed by atoms with Crippen LogP contribution in [0.3, 0.4) is 0 Å². The molecule has 8 heteroatoms. The van der Waals surface area contributed by atoms with E-state index in [0.29, 0.717) is 13.1 Å². The van der Waals surface area contributed by atoms with Crippen LogP contribution >= 0.6 is 0 Å². The molecule has 25 heavy (non-hydrogen) atoms. The highest BCUT2D eigenvalue weighted by atomic mass is 16.5. The third-order valence-electron chi connectivity index (χ3n) is 3.95. The number of carbonyl (C=O) groups excluding carboxylic acids is 3. The molecule has 0 unspecified atom stereocenters. The molecule has 1 fully saturated rings. The van der Waals surface area contributed by atoms with Gasteiger partial charge in [0.15, 0.2) is 0 Å². The molecule has 136 valence electrons. The number of amides is 3. The van der Waals surface area contributed by atoms with E-state index in [1.54, 1.807) is 11.9 Å². The van der Waals surface area contributed by atoms with Gasteiger partial charge in [-0.05, 0) is 12.0 Å². The van der Waals surface area contributed by atoms with Crippen LogP contribution in [0, 0.1) is 0 Å². The highest BCUT2D eigenvalue weighted by molar-refractivity contribution is 5.87. The van der Waals surface area contributed by atoms with Crippen LogP contribution in [-0.4, -0.2) is 72.1 Å². The van der Waals surface area contributed by atoms with E-state index in [9.17, 15) is 19.5 Å². The fourth-order valence-electron chi connectivity index (χ4n) is 2.37. The molecule has 1 atom stereocenters. The van der Waals surface area contributed by atoms with Crippen LogP contribution in [-0.2, 0) is 20.9 Å². The number of carbonyl (C=O) groups is 3. The Balaban J connectivity index is 1.65. The number of piperazine rings is 1. The highest BCUT2D eigenvalue weighted by Gasteiger charge is 2.28. The van der Waals surface area contributed by atoms with Crippen LogP contribution in [0.15, 0.2) is 30.3 Å². The Labute approximate surface area is 146 Å². The van der Waals surface area contributed by atoms with Crippen molar-refractivity contribution in [3.8, 4) is 0 Å². The van der Waals surface area contributed by atoms with Gasteiger partial charge in [-0.25, -0.2) is 4.79 Å². The third-order valence-corrected chi connectivity index (χ3v) is 3.95. The molecule has 8 nitrogen and oxygen atoms in total. The van der Waals surface area contributed by atoms with Gasteiger partial charge in [-0.3, -0.25) is 9.59 Å². The van der Waals surface area contributed by atoms with Gasteiger partial charge in [0.1, 0.15) is 12.7 Å². The van der Waals surface area contributed by atoms with Crippen molar-refractivity contribution < 1.29 is 24.2 Å². The number of likely N-dealkylation sites (N-methyl/N-ethyl adjacent to an activating group) is 1. The minimum atomic E-state index is -1.26. The normalized spacial score (nSPS) is 15.7. The topological polar surface area (TPSA) is 99.2 Å². The molecular weight excluding hydrogens is 326 g/mol. The number of ether oxygens (including phenoxy) is 1. The molecule has 0 aliphatic carbocycles. The molecule has 0 spiro atoms. The zero-order valence-corrected chi connectivity index (χ0v) is 14.2. The molecule has 0 aromatic heterocycles. The van der Waals surface area contributed by atoms with Crippen molar-refractivity contribution in [2.24, 2.45) is 0 Å². The van der Waals surface area contributed by atoms with E-state index in [4.69, 9.17) is 4.74 Å². The van der Waals surface area contributed by atoms with Crippen LogP contribution in [0.5, 0.6) is 0 Å². The molecule has 0 bridgehead atoms. The van der Waals surface area contributed by atoms with E-state index in [0.717, 1.165) is 5.56 Å². The second-order valence-corrected chi connectivity index (χ2v) is 5.87. The summed E-state index contributed by atoms with van der Waals surface area (Å²) in [5.41, 5.74) is 0.868. The lowest BCUT2D eigenvalue weighted by Crippen LogP contribution is -2.53. The van der Waals surface area contributed by atoms with Gasteiger partial charge in [-0.1, -0.05) is 30.3 Å². The van der Waals surface area contributed by atoms with Crippen molar-refractivity contribution in [1.29, 1.82) is 0 Å². The number of rotatable bonds is 6. The third kappa shape index (κ3) is 5.75.